The van der Waals surface area contributed by atoms with Crippen LogP contribution in [0.5, 0.6) is 0 Å². The lowest BCUT2D eigenvalue weighted by Crippen LogP contribution is -2.30. The molecule has 7 heteroatoms. The van der Waals surface area contributed by atoms with E-state index in [1.807, 2.05) is 37.3 Å². The van der Waals surface area contributed by atoms with E-state index in [4.69, 9.17) is 10.8 Å². The largest absolute Gasteiger partial charge is 0.294 e. The van der Waals surface area contributed by atoms with E-state index in [1.165, 1.54) is 10.4 Å². The Morgan fingerprint density at radius 1 is 1.13 bits per heavy atom. The highest BCUT2D eigenvalue weighted by molar-refractivity contribution is 7.18. The van der Waals surface area contributed by atoms with Gasteiger partial charge in [0.05, 0.1) is 11.1 Å². The number of thiophene rings is 1. The number of nitrogens with zero attached hydrogens (tertiary/aromatic N) is 3. The summed E-state index contributed by atoms with van der Waals surface area (Å²) in [5.41, 5.74) is 6.88. The minimum Gasteiger partial charge on any atom is -0.294 e. The number of nitrogens with two attached hydrogens (primary N) is 1. The second-order valence-electron chi connectivity index (χ2n) is 7.69. The van der Waals surface area contributed by atoms with Gasteiger partial charge in [0.2, 0.25) is 5.95 Å². The summed E-state index contributed by atoms with van der Waals surface area (Å²) in [4.78, 5) is 22.6. The number of nitrogens with one attached hydrogen (secondary N) is 1. The summed E-state index contributed by atoms with van der Waals surface area (Å²) in [7, 11) is 0. The first-order chi connectivity index (χ1) is 14.6. The van der Waals surface area contributed by atoms with Gasteiger partial charge in [0.25, 0.3) is 5.56 Å². The molecule has 5 rings (SSSR count). The van der Waals surface area contributed by atoms with Crippen LogP contribution in [0, 0.1) is 6.92 Å². The van der Waals surface area contributed by atoms with Gasteiger partial charge in [-0.25, -0.2) is 15.4 Å². The highest BCUT2D eigenvalue weighted by Crippen LogP contribution is 2.34. The molecule has 0 aliphatic carbocycles. The molecule has 3 N–H and O–H groups in total. The molecule has 4 aromatic rings. The zero-order chi connectivity index (χ0) is 20.7. The summed E-state index contributed by atoms with van der Waals surface area (Å²) in [6, 6.07) is 18.3. The molecule has 1 aliphatic heterocycles. The topological polar surface area (TPSA) is 76.2 Å². The molecule has 0 bridgehead atoms. The number of fused-ring (bicyclic) bond motifs is 3. The maximum absolute atomic E-state index is 13.5. The Morgan fingerprint density at radius 3 is 2.63 bits per heavy atom. The second kappa shape index (κ2) is 7.68. The smallest absolute Gasteiger partial charge is 0.268 e. The standard InChI is InChI=1S/C23H23N5OS/c1-15-7-9-17(10-8-15)28-22(29)20-18-11-12-27(13-16-5-3-2-4-6-16)14-19(18)30-21(20)25-23(28)26-24/h2-10H,11-14,24H2,1H3,(H,25,26). The number of nitrogen functional groups attached to an aromatic ring is 1. The summed E-state index contributed by atoms with van der Waals surface area (Å²) in [6.45, 7) is 4.69. The fourth-order valence-corrected chi connectivity index (χ4v) is 5.35. The fraction of sp³-hybridized carbons (Fsp3) is 0.217. The van der Waals surface area contributed by atoms with Crippen LogP contribution in [0.15, 0.2) is 59.4 Å². The van der Waals surface area contributed by atoms with Crippen LogP contribution in [0.3, 0.4) is 0 Å². The molecule has 0 amide bonds. The molecule has 2 aromatic carbocycles. The zero-order valence-corrected chi connectivity index (χ0v) is 17.6. The lowest BCUT2D eigenvalue weighted by Gasteiger charge is -2.26. The van der Waals surface area contributed by atoms with Gasteiger partial charge in [0.1, 0.15) is 4.83 Å². The van der Waals surface area contributed by atoms with Crippen LogP contribution in [0.1, 0.15) is 21.6 Å². The summed E-state index contributed by atoms with van der Waals surface area (Å²) in [5, 5.41) is 0.730. The van der Waals surface area contributed by atoms with Crippen LogP contribution in [-0.4, -0.2) is 21.0 Å². The summed E-state index contributed by atoms with van der Waals surface area (Å²) in [6.07, 6.45) is 0.850. The zero-order valence-electron chi connectivity index (χ0n) is 16.8. The summed E-state index contributed by atoms with van der Waals surface area (Å²) >= 11 is 1.60. The first-order valence-corrected chi connectivity index (χ1v) is 10.8. The predicted octanol–water partition coefficient (Wildman–Crippen LogP) is 3.60. The highest BCUT2D eigenvalue weighted by atomic mass is 32.1. The Kier molecular flexibility index (Phi) is 4.86. The first-order valence-electron chi connectivity index (χ1n) is 10.0. The average Bonchev–Trinajstić information content (AvgIpc) is 3.13. The van der Waals surface area contributed by atoms with E-state index in [2.05, 4.69) is 34.6 Å². The van der Waals surface area contributed by atoms with Gasteiger partial charge < -0.3 is 0 Å². The van der Waals surface area contributed by atoms with Crippen LogP contribution >= 0.6 is 11.3 Å². The third kappa shape index (κ3) is 3.31. The van der Waals surface area contributed by atoms with Gasteiger partial charge in [-0.2, -0.15) is 0 Å². The van der Waals surface area contributed by atoms with Gasteiger partial charge in [-0.15, -0.1) is 11.3 Å². The SMILES string of the molecule is Cc1ccc(-n2c(NN)nc3sc4c(c3c2=O)CCN(Cc2ccccc2)C4)cc1. The molecular formula is C23H23N5OS. The van der Waals surface area contributed by atoms with Gasteiger partial charge >= 0.3 is 0 Å². The maximum atomic E-state index is 13.5. The molecule has 152 valence electrons. The van der Waals surface area contributed by atoms with Crippen molar-refractivity contribution >= 4 is 27.5 Å². The second-order valence-corrected chi connectivity index (χ2v) is 8.77. The van der Waals surface area contributed by atoms with Crippen molar-refractivity contribution in [3.63, 3.8) is 0 Å². The molecule has 0 saturated carbocycles. The van der Waals surface area contributed by atoms with E-state index in [1.54, 1.807) is 15.9 Å². The Morgan fingerprint density at radius 2 is 1.90 bits per heavy atom. The molecule has 0 radical (unpaired) electrons. The predicted molar refractivity (Wildman–Crippen MR) is 122 cm³/mol. The molecule has 0 spiro atoms. The van der Waals surface area contributed by atoms with Crippen molar-refractivity contribution in [2.45, 2.75) is 26.4 Å². The molecule has 0 saturated heterocycles. The van der Waals surface area contributed by atoms with Gasteiger partial charge in [-0.1, -0.05) is 48.0 Å². The van der Waals surface area contributed by atoms with Crippen molar-refractivity contribution < 1.29 is 0 Å². The first kappa shape index (κ1) is 19.0. The van der Waals surface area contributed by atoms with Gasteiger partial charge in [-0.3, -0.25) is 15.1 Å². The van der Waals surface area contributed by atoms with Gasteiger partial charge in [-0.05, 0) is 36.6 Å². The van der Waals surface area contributed by atoms with Crippen LogP contribution in [0.4, 0.5) is 5.95 Å². The summed E-state index contributed by atoms with van der Waals surface area (Å²) < 4.78 is 1.57. The molecule has 2 aromatic heterocycles. The average molecular weight is 418 g/mol. The van der Waals surface area contributed by atoms with Crippen LogP contribution in [-0.2, 0) is 19.5 Å². The molecule has 3 heterocycles. The Hall–Kier alpha value is -3.00. The number of anilines is 1. The molecule has 0 fully saturated rings. The van der Waals surface area contributed by atoms with E-state index in [0.717, 1.165) is 53.1 Å². The van der Waals surface area contributed by atoms with Crippen molar-refractivity contribution in [1.82, 2.24) is 14.5 Å². The number of hydrazine groups is 1. The Bertz CT molecular complexity index is 1260. The van der Waals surface area contributed by atoms with Crippen molar-refractivity contribution in [2.75, 3.05) is 12.0 Å². The van der Waals surface area contributed by atoms with E-state index in [-0.39, 0.29) is 5.56 Å². The number of benzene rings is 2. The van der Waals surface area contributed by atoms with Crippen LogP contribution in [0.2, 0.25) is 0 Å². The quantitative estimate of drug-likeness (QED) is 0.392. The Balaban J connectivity index is 1.57. The number of hydrogen-bond donors (Lipinski definition) is 2. The number of aromatic nitrogens is 2. The van der Waals surface area contributed by atoms with Crippen molar-refractivity contribution in [3.8, 4) is 5.69 Å². The third-order valence-electron chi connectivity index (χ3n) is 5.62. The van der Waals surface area contributed by atoms with Crippen molar-refractivity contribution in [1.29, 1.82) is 0 Å². The minimum atomic E-state index is -0.0641. The molecule has 0 atom stereocenters. The molecule has 0 unspecified atom stereocenters. The fourth-order valence-electron chi connectivity index (χ4n) is 4.10. The van der Waals surface area contributed by atoms with Crippen LogP contribution < -0.4 is 16.8 Å². The van der Waals surface area contributed by atoms with Crippen molar-refractivity contribution in [3.05, 3.63) is 86.5 Å². The van der Waals surface area contributed by atoms with Gasteiger partial charge in [0.15, 0.2) is 0 Å². The molecule has 30 heavy (non-hydrogen) atoms. The van der Waals surface area contributed by atoms with E-state index >= 15 is 0 Å². The van der Waals surface area contributed by atoms with E-state index in [0.29, 0.717) is 5.95 Å². The number of aryl methyl sites for hydroxylation is 1. The molecule has 6 nitrogen and oxygen atoms in total. The van der Waals surface area contributed by atoms with E-state index < -0.39 is 0 Å². The van der Waals surface area contributed by atoms with E-state index in [9.17, 15) is 4.79 Å². The Labute approximate surface area is 178 Å². The lowest BCUT2D eigenvalue weighted by molar-refractivity contribution is 0.249. The monoisotopic (exact) mass is 417 g/mol. The van der Waals surface area contributed by atoms with Crippen LogP contribution in [0.25, 0.3) is 15.9 Å². The molecular weight excluding hydrogens is 394 g/mol. The molecule has 1 aliphatic rings. The highest BCUT2D eigenvalue weighted by Gasteiger charge is 2.25. The summed E-state index contributed by atoms with van der Waals surface area (Å²) in [5.74, 6) is 6.09. The number of hydrogen-bond acceptors (Lipinski definition) is 6. The lowest BCUT2D eigenvalue weighted by atomic mass is 10.0. The normalized spacial score (nSPS) is 14.1. The maximum Gasteiger partial charge on any atom is 0.268 e. The van der Waals surface area contributed by atoms with Crippen molar-refractivity contribution in [2.24, 2.45) is 5.84 Å². The third-order valence-corrected chi connectivity index (χ3v) is 6.73. The van der Waals surface area contributed by atoms with Gasteiger partial charge in [0, 0.05) is 24.5 Å². The number of rotatable bonds is 4. The minimum absolute atomic E-state index is 0.0641.